The van der Waals surface area contributed by atoms with Crippen molar-refractivity contribution < 1.29 is 0 Å². The molecule has 1 atom stereocenters. The zero-order chi connectivity index (χ0) is 4.99. The van der Waals surface area contributed by atoms with Gasteiger partial charge in [0.1, 0.15) is 0 Å². The van der Waals surface area contributed by atoms with Gasteiger partial charge in [0.25, 0.3) is 0 Å². The van der Waals surface area contributed by atoms with Gasteiger partial charge in [-0.2, -0.15) is 0 Å². The summed E-state index contributed by atoms with van der Waals surface area (Å²) in [4.78, 5) is 0. The molecule has 0 aromatic rings. The molecule has 0 N–H and O–H groups in total. The lowest BCUT2D eigenvalue weighted by Gasteiger charge is -1.98. The van der Waals surface area contributed by atoms with Gasteiger partial charge in [0, 0.05) is 0 Å². The molecule has 6 heavy (non-hydrogen) atoms. The highest BCUT2D eigenvalue weighted by atomic mass is 13.9. The van der Waals surface area contributed by atoms with Crippen molar-refractivity contribution in [3.8, 4) is 0 Å². The predicted molar refractivity (Wildman–Crippen MR) is 28.4 cm³/mol. The van der Waals surface area contributed by atoms with Crippen LogP contribution in [-0.2, 0) is 0 Å². The van der Waals surface area contributed by atoms with Gasteiger partial charge in [-0.15, -0.1) is 0 Å². The van der Waals surface area contributed by atoms with E-state index >= 15 is 0 Å². The Morgan fingerprint density at radius 3 is 2.17 bits per heavy atom. The maximum Gasteiger partial charge on any atom is -0.0349 e. The first-order valence-corrected chi connectivity index (χ1v) is 2.51. The molecule has 0 aliphatic rings. The van der Waals surface area contributed by atoms with Crippen LogP contribution in [0.1, 0.15) is 26.7 Å². The second-order valence-electron chi connectivity index (χ2n) is 1.75. The maximum absolute atomic E-state index is 5.28. The van der Waals surface area contributed by atoms with Gasteiger partial charge in [0.05, 0.1) is 0 Å². The van der Waals surface area contributed by atoms with Gasteiger partial charge >= 0.3 is 0 Å². The van der Waals surface area contributed by atoms with Crippen LogP contribution in [0.2, 0.25) is 0 Å². The van der Waals surface area contributed by atoms with Gasteiger partial charge in [-0.1, -0.05) is 20.3 Å². The predicted octanol–water partition coefficient (Wildman–Crippen LogP) is 2.13. The van der Waals surface area contributed by atoms with Crippen LogP contribution in [0, 0.1) is 12.8 Å². The first-order valence-electron chi connectivity index (χ1n) is 2.51. The molecular formula is C6H12. The Morgan fingerprint density at radius 1 is 1.67 bits per heavy atom. The Kier molecular flexibility index (Phi) is 3.20. The largest absolute Gasteiger partial charge is 0.0651 e. The van der Waals surface area contributed by atoms with Crippen LogP contribution in [0.3, 0.4) is 0 Å². The van der Waals surface area contributed by atoms with Gasteiger partial charge in [0.2, 0.25) is 0 Å². The Morgan fingerprint density at radius 2 is 2.17 bits per heavy atom. The quantitative estimate of drug-likeness (QED) is 0.481. The summed E-state index contributed by atoms with van der Waals surface area (Å²) in [6.45, 7) is 9.59. The van der Waals surface area contributed by atoms with Crippen LogP contribution in [0.15, 0.2) is 0 Å². The fourth-order valence-corrected chi connectivity index (χ4v) is 0.167. The summed E-state index contributed by atoms with van der Waals surface area (Å²) >= 11 is 0. The zero-order valence-electron chi connectivity index (χ0n) is 4.57. The summed E-state index contributed by atoms with van der Waals surface area (Å²) in [6, 6.07) is 0. The normalized spacial score (nSPS) is 10.0. The van der Waals surface area contributed by atoms with E-state index in [2.05, 4.69) is 13.8 Å². The summed E-state index contributed by atoms with van der Waals surface area (Å²) in [5, 5.41) is 0. The van der Waals surface area contributed by atoms with E-state index in [0.29, 0.717) is 5.92 Å². The molecule has 0 amide bonds. The summed E-state index contributed by atoms with van der Waals surface area (Å²) in [6.07, 6.45) is 2.03. The fourth-order valence-electron chi connectivity index (χ4n) is 0.167. The molecule has 0 fully saturated rings. The molecule has 0 aromatic carbocycles. The second kappa shape index (κ2) is 3.20. The van der Waals surface area contributed by atoms with Gasteiger partial charge in [-0.05, 0) is 19.3 Å². The lowest BCUT2D eigenvalue weighted by Crippen LogP contribution is -1.85. The minimum atomic E-state index is 0.713. The topological polar surface area (TPSA) is 0 Å². The third-order valence-corrected chi connectivity index (χ3v) is 1.10. The van der Waals surface area contributed by atoms with Crippen LogP contribution in [0.4, 0.5) is 0 Å². The van der Waals surface area contributed by atoms with Crippen LogP contribution in [0.5, 0.6) is 0 Å². The lowest BCUT2D eigenvalue weighted by molar-refractivity contribution is 0.570. The minimum Gasteiger partial charge on any atom is -0.0651 e. The Labute approximate surface area is 40.6 Å². The number of hydrogen-bond acceptors (Lipinski definition) is 0. The first-order chi connectivity index (χ1) is 2.81. The lowest BCUT2D eigenvalue weighted by atomic mass is 10.1. The van der Waals surface area contributed by atoms with Crippen LogP contribution < -0.4 is 0 Å². The van der Waals surface area contributed by atoms with Crippen molar-refractivity contribution in [1.29, 1.82) is 0 Å². The number of rotatable bonds is 2. The third-order valence-electron chi connectivity index (χ3n) is 1.10. The highest BCUT2D eigenvalue weighted by Crippen LogP contribution is 2.02. The van der Waals surface area contributed by atoms with Crippen molar-refractivity contribution >= 4 is 0 Å². The molecule has 0 aromatic heterocycles. The van der Waals surface area contributed by atoms with Crippen molar-refractivity contribution in [2.24, 2.45) is 5.92 Å². The first kappa shape index (κ1) is 6.00. The van der Waals surface area contributed by atoms with E-state index in [1.165, 1.54) is 6.42 Å². The van der Waals surface area contributed by atoms with Gasteiger partial charge in [0.15, 0.2) is 0 Å². The second-order valence-corrected chi connectivity index (χ2v) is 1.75. The van der Waals surface area contributed by atoms with Crippen LogP contribution >= 0.6 is 0 Å². The molecule has 2 radical (unpaired) electrons. The van der Waals surface area contributed by atoms with Crippen LogP contribution in [-0.4, -0.2) is 0 Å². The van der Waals surface area contributed by atoms with Crippen molar-refractivity contribution in [2.45, 2.75) is 26.7 Å². The number of hydrogen-bond donors (Lipinski definition) is 0. The molecule has 0 spiro atoms. The van der Waals surface area contributed by atoms with Crippen molar-refractivity contribution in [1.82, 2.24) is 0 Å². The molecule has 0 saturated heterocycles. The summed E-state index contributed by atoms with van der Waals surface area (Å²) < 4.78 is 0. The third kappa shape index (κ3) is 2.25. The zero-order valence-corrected chi connectivity index (χ0v) is 4.57. The van der Waals surface area contributed by atoms with E-state index in [9.17, 15) is 0 Å². The molecule has 0 saturated carbocycles. The molecule has 0 heterocycles. The van der Waals surface area contributed by atoms with Gasteiger partial charge < -0.3 is 0 Å². The molecule has 0 aliphatic heterocycles. The molecule has 36 valence electrons. The Balaban J connectivity index is 2.75. The molecule has 0 rings (SSSR count). The van der Waals surface area contributed by atoms with E-state index < -0.39 is 0 Å². The SMILES string of the molecule is [CH]CC(C)CC. The standard InChI is InChI=1S/C6H12/c1-4-6(3)5-2/h1,6H,4-5H2,2-3H3. The maximum atomic E-state index is 5.28. The molecule has 0 bridgehead atoms. The highest BCUT2D eigenvalue weighted by molar-refractivity contribution is 4.48. The van der Waals surface area contributed by atoms with E-state index in [1.54, 1.807) is 0 Å². The Hall–Kier alpha value is 0. The van der Waals surface area contributed by atoms with Crippen molar-refractivity contribution in [3.05, 3.63) is 6.92 Å². The van der Waals surface area contributed by atoms with E-state index in [-0.39, 0.29) is 0 Å². The smallest absolute Gasteiger partial charge is 0.0349 e. The summed E-state index contributed by atoms with van der Waals surface area (Å²) in [7, 11) is 0. The summed E-state index contributed by atoms with van der Waals surface area (Å²) in [5.74, 6) is 0.713. The molecule has 0 nitrogen and oxygen atoms in total. The van der Waals surface area contributed by atoms with Gasteiger partial charge in [-0.25, -0.2) is 0 Å². The molecular weight excluding hydrogens is 72.1 g/mol. The molecule has 1 unspecified atom stereocenters. The van der Waals surface area contributed by atoms with E-state index in [1.807, 2.05) is 0 Å². The summed E-state index contributed by atoms with van der Waals surface area (Å²) in [5.41, 5.74) is 0. The highest BCUT2D eigenvalue weighted by Gasteiger charge is 1.89. The molecule has 0 aliphatic carbocycles. The fraction of sp³-hybridized carbons (Fsp3) is 0.833. The van der Waals surface area contributed by atoms with Gasteiger partial charge in [-0.3, -0.25) is 0 Å². The Bertz CT molecular complexity index is 19.2. The molecule has 0 heteroatoms. The van der Waals surface area contributed by atoms with E-state index in [4.69, 9.17) is 6.92 Å². The average molecular weight is 84.2 g/mol. The van der Waals surface area contributed by atoms with E-state index in [0.717, 1.165) is 6.42 Å². The monoisotopic (exact) mass is 84.1 g/mol. The average Bonchev–Trinajstić information content (AvgIpc) is 1.65. The minimum absolute atomic E-state index is 0.713. The van der Waals surface area contributed by atoms with Crippen molar-refractivity contribution in [3.63, 3.8) is 0 Å². The van der Waals surface area contributed by atoms with Crippen molar-refractivity contribution in [2.75, 3.05) is 0 Å². The van der Waals surface area contributed by atoms with Crippen LogP contribution in [0.25, 0.3) is 0 Å².